The predicted octanol–water partition coefficient (Wildman–Crippen LogP) is 0.365. The molecule has 2 heterocycles. The molecule has 17 heavy (non-hydrogen) atoms. The Morgan fingerprint density at radius 3 is 2.65 bits per heavy atom. The molecule has 3 N–H and O–H groups in total. The third-order valence-corrected chi connectivity index (χ3v) is 2.21. The number of carbonyl (C=O) groups is 2. The molecule has 0 atom stereocenters. The van der Waals surface area contributed by atoms with Gasteiger partial charge in [0.15, 0.2) is 5.69 Å². The lowest BCUT2D eigenvalue weighted by molar-refractivity contribution is -0.136. The molecule has 0 bridgehead atoms. The van der Waals surface area contributed by atoms with Crippen LogP contribution in [-0.4, -0.2) is 36.6 Å². The van der Waals surface area contributed by atoms with Crippen molar-refractivity contribution in [2.75, 3.05) is 0 Å². The summed E-state index contributed by atoms with van der Waals surface area (Å²) >= 11 is 0. The number of carboxylic acid groups (broad SMARTS) is 2. The molecule has 7 nitrogen and oxygen atoms in total. The lowest BCUT2D eigenvalue weighted by Gasteiger charge is -1.98. The van der Waals surface area contributed by atoms with Crippen LogP contribution in [0, 0.1) is 0 Å². The summed E-state index contributed by atoms with van der Waals surface area (Å²) in [5.74, 6) is -2.39. The van der Waals surface area contributed by atoms with Gasteiger partial charge in [0.2, 0.25) is 0 Å². The third-order valence-electron chi connectivity index (χ3n) is 2.21. The maximum Gasteiger partial charge on any atom is 0.356 e. The van der Waals surface area contributed by atoms with Crippen LogP contribution in [0.15, 0.2) is 18.3 Å². The first-order valence-corrected chi connectivity index (χ1v) is 4.64. The number of hydrogen-bond donors (Lipinski definition) is 3. The highest BCUT2D eigenvalue weighted by Crippen LogP contribution is 2.19. The van der Waals surface area contributed by atoms with Gasteiger partial charge < -0.3 is 19.7 Å². The van der Waals surface area contributed by atoms with Crippen molar-refractivity contribution >= 4 is 17.5 Å². The quantitative estimate of drug-likeness (QED) is 0.709. The SMILES string of the molecule is O=C(O)Cc1nc(C(=O)O)c2cc(O)ccn12. The highest BCUT2D eigenvalue weighted by atomic mass is 16.4. The summed E-state index contributed by atoms with van der Waals surface area (Å²) in [4.78, 5) is 25.3. The topological polar surface area (TPSA) is 112 Å². The van der Waals surface area contributed by atoms with Crippen LogP contribution >= 0.6 is 0 Å². The molecule has 0 aliphatic rings. The minimum atomic E-state index is -1.27. The molecule has 0 amide bonds. The first kappa shape index (κ1) is 10.9. The van der Waals surface area contributed by atoms with Gasteiger partial charge >= 0.3 is 11.9 Å². The molecule has 2 aromatic rings. The summed E-state index contributed by atoms with van der Waals surface area (Å²) in [7, 11) is 0. The van der Waals surface area contributed by atoms with Crippen LogP contribution in [0.1, 0.15) is 16.3 Å². The zero-order chi connectivity index (χ0) is 12.6. The molecule has 0 aliphatic heterocycles. The number of imidazole rings is 1. The van der Waals surface area contributed by atoms with Gasteiger partial charge in [0.1, 0.15) is 18.0 Å². The van der Waals surface area contributed by atoms with E-state index in [0.29, 0.717) is 0 Å². The van der Waals surface area contributed by atoms with Crippen molar-refractivity contribution in [1.82, 2.24) is 9.38 Å². The summed E-state index contributed by atoms with van der Waals surface area (Å²) in [6, 6.07) is 2.55. The summed E-state index contributed by atoms with van der Waals surface area (Å²) in [6.45, 7) is 0. The largest absolute Gasteiger partial charge is 0.508 e. The Bertz CT molecular complexity index is 616. The fourth-order valence-electron chi connectivity index (χ4n) is 1.55. The second-order valence-corrected chi connectivity index (χ2v) is 3.39. The van der Waals surface area contributed by atoms with Crippen LogP contribution in [0.5, 0.6) is 5.75 Å². The molecule has 0 aliphatic carbocycles. The number of aromatic hydroxyl groups is 1. The first-order valence-electron chi connectivity index (χ1n) is 4.64. The minimum absolute atomic E-state index is 0.102. The van der Waals surface area contributed by atoms with Crippen molar-refractivity contribution in [3.8, 4) is 5.75 Å². The Morgan fingerprint density at radius 2 is 2.06 bits per heavy atom. The Morgan fingerprint density at radius 1 is 1.35 bits per heavy atom. The van der Waals surface area contributed by atoms with E-state index in [0.717, 1.165) is 0 Å². The Hall–Kier alpha value is -2.57. The van der Waals surface area contributed by atoms with E-state index < -0.39 is 11.9 Å². The Balaban J connectivity index is 2.70. The van der Waals surface area contributed by atoms with Gasteiger partial charge in [-0.1, -0.05) is 0 Å². The second kappa shape index (κ2) is 3.78. The molecule has 0 aromatic carbocycles. The molecule has 2 aromatic heterocycles. The summed E-state index contributed by atoms with van der Waals surface area (Å²) < 4.78 is 1.33. The van der Waals surface area contributed by atoms with Crippen molar-refractivity contribution in [3.63, 3.8) is 0 Å². The van der Waals surface area contributed by atoms with E-state index in [1.807, 2.05) is 0 Å². The van der Waals surface area contributed by atoms with Crippen LogP contribution in [0.3, 0.4) is 0 Å². The molecule has 2 rings (SSSR count). The molecule has 0 spiro atoms. The van der Waals surface area contributed by atoms with Gasteiger partial charge in [0.25, 0.3) is 0 Å². The van der Waals surface area contributed by atoms with Crippen LogP contribution in [0.4, 0.5) is 0 Å². The van der Waals surface area contributed by atoms with E-state index in [2.05, 4.69) is 4.98 Å². The standard InChI is InChI=1S/C10H8N2O5/c13-5-1-2-12-6(3-5)9(10(16)17)11-7(12)4-8(14)15/h1-3,13H,4H2,(H,14,15)(H,16,17). The maximum absolute atomic E-state index is 10.9. The second-order valence-electron chi connectivity index (χ2n) is 3.39. The third kappa shape index (κ3) is 1.89. The Kier molecular flexibility index (Phi) is 2.43. The number of aliphatic carboxylic acids is 1. The zero-order valence-electron chi connectivity index (χ0n) is 8.49. The minimum Gasteiger partial charge on any atom is -0.508 e. The van der Waals surface area contributed by atoms with E-state index >= 15 is 0 Å². The average molecular weight is 236 g/mol. The molecule has 0 saturated carbocycles. The molecule has 88 valence electrons. The van der Waals surface area contributed by atoms with Gasteiger partial charge in [-0.05, 0) is 6.07 Å². The van der Waals surface area contributed by atoms with Crippen LogP contribution in [-0.2, 0) is 11.2 Å². The van der Waals surface area contributed by atoms with E-state index in [1.165, 1.54) is 22.7 Å². The van der Waals surface area contributed by atoms with Gasteiger partial charge in [0, 0.05) is 12.3 Å². The van der Waals surface area contributed by atoms with Crippen molar-refractivity contribution in [1.29, 1.82) is 0 Å². The molecule has 0 unspecified atom stereocenters. The lowest BCUT2D eigenvalue weighted by atomic mass is 10.3. The number of hydrogen-bond acceptors (Lipinski definition) is 4. The van der Waals surface area contributed by atoms with Gasteiger partial charge in [0.05, 0.1) is 5.52 Å². The van der Waals surface area contributed by atoms with Crippen molar-refractivity contribution in [2.24, 2.45) is 0 Å². The van der Waals surface area contributed by atoms with E-state index in [4.69, 9.17) is 10.2 Å². The number of fused-ring (bicyclic) bond motifs is 1. The monoisotopic (exact) mass is 236 g/mol. The highest BCUT2D eigenvalue weighted by molar-refractivity contribution is 5.94. The van der Waals surface area contributed by atoms with Crippen molar-refractivity contribution < 1.29 is 24.9 Å². The number of pyridine rings is 1. The first-order chi connectivity index (χ1) is 7.99. The summed E-state index contributed by atoms with van der Waals surface area (Å²) in [5.41, 5.74) is -0.120. The van der Waals surface area contributed by atoms with Crippen LogP contribution in [0.25, 0.3) is 5.52 Å². The number of nitrogens with zero attached hydrogens (tertiary/aromatic N) is 2. The fourth-order valence-corrected chi connectivity index (χ4v) is 1.55. The van der Waals surface area contributed by atoms with Crippen molar-refractivity contribution in [2.45, 2.75) is 6.42 Å². The van der Waals surface area contributed by atoms with Gasteiger partial charge in [-0.2, -0.15) is 0 Å². The van der Waals surface area contributed by atoms with E-state index in [9.17, 15) is 14.7 Å². The van der Waals surface area contributed by atoms with Gasteiger partial charge in [-0.25, -0.2) is 9.78 Å². The molecular formula is C10H8N2O5. The van der Waals surface area contributed by atoms with Crippen LogP contribution in [0.2, 0.25) is 0 Å². The molecule has 0 fully saturated rings. The molecule has 0 radical (unpaired) electrons. The summed E-state index contributed by atoms with van der Waals surface area (Å²) in [5, 5.41) is 26.9. The van der Waals surface area contributed by atoms with Gasteiger partial charge in [-0.3, -0.25) is 4.79 Å². The maximum atomic E-state index is 10.9. The lowest BCUT2D eigenvalue weighted by Crippen LogP contribution is -2.04. The number of rotatable bonds is 3. The highest BCUT2D eigenvalue weighted by Gasteiger charge is 2.18. The van der Waals surface area contributed by atoms with Gasteiger partial charge in [-0.15, -0.1) is 0 Å². The van der Waals surface area contributed by atoms with E-state index in [-0.39, 0.29) is 29.2 Å². The molecule has 7 heteroatoms. The summed E-state index contributed by atoms with van der Waals surface area (Å²) in [6.07, 6.45) is 0.988. The number of aromatic nitrogens is 2. The van der Waals surface area contributed by atoms with Crippen molar-refractivity contribution in [3.05, 3.63) is 29.8 Å². The van der Waals surface area contributed by atoms with E-state index in [1.54, 1.807) is 0 Å². The molecule has 0 saturated heterocycles. The average Bonchev–Trinajstić information content (AvgIpc) is 2.55. The number of aromatic carboxylic acids is 1. The van der Waals surface area contributed by atoms with Crippen LogP contribution < -0.4 is 0 Å². The fraction of sp³-hybridized carbons (Fsp3) is 0.100. The molecular weight excluding hydrogens is 228 g/mol. The number of carboxylic acids is 2. The Labute approximate surface area is 94.6 Å². The normalized spacial score (nSPS) is 10.6. The predicted molar refractivity (Wildman–Crippen MR) is 55.2 cm³/mol. The smallest absolute Gasteiger partial charge is 0.356 e. The zero-order valence-corrected chi connectivity index (χ0v) is 8.49.